The summed E-state index contributed by atoms with van der Waals surface area (Å²) < 4.78 is 26.1. The Morgan fingerprint density at radius 1 is 1.53 bits per heavy atom. The molecule has 1 N–H and O–H groups in total. The Balaban J connectivity index is 3.28. The van der Waals surface area contributed by atoms with Gasteiger partial charge in [0.05, 0.1) is 17.1 Å². The molecule has 0 spiro atoms. The van der Waals surface area contributed by atoms with Crippen LogP contribution in [0.25, 0.3) is 0 Å². The standard InChI is InChI=1S/C12H15FNOPS/c1-5-8-14-9-6-7-10(16(2,3)15)11(13)12(9)17-4/h1,6-7,14H,8H2,2-4H3. The second-order valence-electron chi connectivity index (χ2n) is 3.89. The fourth-order valence-corrected chi connectivity index (χ4v) is 3.19. The second kappa shape index (κ2) is 5.62. The number of benzene rings is 1. The van der Waals surface area contributed by atoms with Crippen LogP contribution in [0.3, 0.4) is 0 Å². The van der Waals surface area contributed by atoms with Crippen molar-refractivity contribution in [2.45, 2.75) is 4.90 Å². The Morgan fingerprint density at radius 3 is 2.65 bits per heavy atom. The zero-order valence-corrected chi connectivity index (χ0v) is 11.8. The molecule has 1 rings (SSSR count). The van der Waals surface area contributed by atoms with Gasteiger partial charge in [0.25, 0.3) is 0 Å². The average molecular weight is 271 g/mol. The fraction of sp³-hybridized carbons (Fsp3) is 0.333. The van der Waals surface area contributed by atoms with Crippen molar-refractivity contribution in [2.75, 3.05) is 31.4 Å². The molecule has 0 heterocycles. The van der Waals surface area contributed by atoms with Gasteiger partial charge in [-0.2, -0.15) is 0 Å². The van der Waals surface area contributed by atoms with Gasteiger partial charge in [0.2, 0.25) is 0 Å². The number of nitrogens with one attached hydrogen (secondary N) is 1. The molecule has 0 aliphatic heterocycles. The quantitative estimate of drug-likeness (QED) is 0.518. The Hall–Kier alpha value is -0.910. The highest BCUT2D eigenvalue weighted by Crippen LogP contribution is 2.39. The Labute approximate surface area is 106 Å². The first kappa shape index (κ1) is 14.2. The van der Waals surface area contributed by atoms with Crippen LogP contribution in [-0.2, 0) is 4.57 Å². The fourth-order valence-electron chi connectivity index (χ4n) is 1.45. The number of halogens is 1. The predicted octanol–water partition coefficient (Wildman–Crippen LogP) is 2.84. The summed E-state index contributed by atoms with van der Waals surface area (Å²) in [5.74, 6) is 2.02. The Kier molecular flexibility index (Phi) is 4.68. The molecule has 0 saturated carbocycles. The van der Waals surface area contributed by atoms with E-state index in [-0.39, 0.29) is 5.30 Å². The molecule has 0 radical (unpaired) electrons. The van der Waals surface area contributed by atoms with Crippen LogP contribution in [0.2, 0.25) is 0 Å². The number of hydrogen-bond donors (Lipinski definition) is 1. The van der Waals surface area contributed by atoms with E-state index in [9.17, 15) is 8.96 Å². The molecule has 0 amide bonds. The molecule has 0 saturated heterocycles. The lowest BCUT2D eigenvalue weighted by Crippen LogP contribution is -2.12. The molecule has 0 aromatic heterocycles. The van der Waals surface area contributed by atoms with E-state index in [0.717, 1.165) is 0 Å². The van der Waals surface area contributed by atoms with Crippen molar-refractivity contribution in [3.63, 3.8) is 0 Å². The van der Waals surface area contributed by atoms with Gasteiger partial charge >= 0.3 is 0 Å². The van der Waals surface area contributed by atoms with E-state index < -0.39 is 13.0 Å². The van der Waals surface area contributed by atoms with Crippen molar-refractivity contribution >= 4 is 29.9 Å². The first-order valence-electron chi connectivity index (χ1n) is 5.01. The number of anilines is 1. The van der Waals surface area contributed by atoms with Gasteiger partial charge in [0.15, 0.2) is 0 Å². The molecule has 92 valence electrons. The van der Waals surface area contributed by atoms with Crippen LogP contribution in [0.4, 0.5) is 10.1 Å². The van der Waals surface area contributed by atoms with E-state index in [1.54, 1.807) is 31.7 Å². The molecular weight excluding hydrogens is 256 g/mol. The van der Waals surface area contributed by atoms with Gasteiger partial charge in [-0.15, -0.1) is 18.2 Å². The van der Waals surface area contributed by atoms with Gasteiger partial charge in [0.1, 0.15) is 13.0 Å². The number of thioether (sulfide) groups is 1. The van der Waals surface area contributed by atoms with Gasteiger partial charge in [0, 0.05) is 5.30 Å². The third-order valence-corrected chi connectivity index (χ3v) is 4.55. The molecule has 0 aliphatic rings. The highest BCUT2D eigenvalue weighted by Gasteiger charge is 2.20. The van der Waals surface area contributed by atoms with E-state index in [1.807, 2.05) is 0 Å². The molecule has 0 atom stereocenters. The topological polar surface area (TPSA) is 29.1 Å². The number of rotatable bonds is 4. The maximum Gasteiger partial charge on any atom is 0.149 e. The predicted molar refractivity (Wildman–Crippen MR) is 74.6 cm³/mol. The summed E-state index contributed by atoms with van der Waals surface area (Å²) in [7, 11) is -2.60. The van der Waals surface area contributed by atoms with Gasteiger partial charge in [-0.05, 0) is 31.7 Å². The molecule has 0 aliphatic carbocycles. The van der Waals surface area contributed by atoms with Gasteiger partial charge < -0.3 is 9.88 Å². The first-order valence-corrected chi connectivity index (χ1v) is 8.83. The van der Waals surface area contributed by atoms with E-state index >= 15 is 0 Å². The monoisotopic (exact) mass is 271 g/mol. The summed E-state index contributed by atoms with van der Waals surface area (Å²) in [6, 6.07) is 3.29. The van der Waals surface area contributed by atoms with Gasteiger partial charge in [-0.1, -0.05) is 5.92 Å². The van der Waals surface area contributed by atoms with E-state index in [4.69, 9.17) is 6.42 Å². The van der Waals surface area contributed by atoms with Crippen molar-refractivity contribution in [2.24, 2.45) is 0 Å². The number of hydrogen-bond acceptors (Lipinski definition) is 3. The molecule has 1 aromatic carbocycles. The SMILES string of the molecule is C#CCNc1ccc(P(C)(C)=O)c(F)c1SC. The molecule has 0 fully saturated rings. The normalized spacial score (nSPS) is 11.0. The zero-order chi connectivity index (χ0) is 13.1. The van der Waals surface area contributed by atoms with Crippen molar-refractivity contribution in [1.82, 2.24) is 0 Å². The van der Waals surface area contributed by atoms with E-state index in [1.165, 1.54) is 11.8 Å². The maximum atomic E-state index is 14.2. The summed E-state index contributed by atoms with van der Waals surface area (Å²) in [6.07, 6.45) is 6.92. The molecule has 5 heteroatoms. The largest absolute Gasteiger partial charge is 0.373 e. The van der Waals surface area contributed by atoms with Crippen LogP contribution >= 0.6 is 18.9 Å². The van der Waals surface area contributed by atoms with Crippen LogP contribution in [0.5, 0.6) is 0 Å². The minimum Gasteiger partial charge on any atom is -0.373 e. The van der Waals surface area contributed by atoms with Gasteiger partial charge in [-0.3, -0.25) is 0 Å². The van der Waals surface area contributed by atoms with Crippen LogP contribution in [0.1, 0.15) is 0 Å². The van der Waals surface area contributed by atoms with Crippen LogP contribution in [0, 0.1) is 18.2 Å². The molecular formula is C12H15FNOPS. The van der Waals surface area contributed by atoms with Crippen molar-refractivity contribution in [3.05, 3.63) is 17.9 Å². The van der Waals surface area contributed by atoms with Crippen molar-refractivity contribution in [3.8, 4) is 12.3 Å². The highest BCUT2D eigenvalue weighted by atomic mass is 32.2. The summed E-state index contributed by atoms with van der Waals surface area (Å²) >= 11 is 1.28. The van der Waals surface area contributed by atoms with Crippen LogP contribution in [-0.4, -0.2) is 26.1 Å². The zero-order valence-electron chi connectivity index (χ0n) is 10.1. The van der Waals surface area contributed by atoms with Crippen molar-refractivity contribution < 1.29 is 8.96 Å². The summed E-state index contributed by atoms with van der Waals surface area (Å²) in [5, 5.41) is 3.23. The van der Waals surface area contributed by atoms with Crippen LogP contribution < -0.4 is 10.6 Å². The molecule has 17 heavy (non-hydrogen) atoms. The Bertz CT molecular complexity index is 504. The summed E-state index contributed by atoms with van der Waals surface area (Å²) in [6.45, 7) is 3.45. The molecule has 2 nitrogen and oxygen atoms in total. The van der Waals surface area contributed by atoms with Gasteiger partial charge in [-0.25, -0.2) is 4.39 Å². The number of terminal acetylenes is 1. The van der Waals surface area contributed by atoms with Crippen molar-refractivity contribution in [1.29, 1.82) is 0 Å². The summed E-state index contributed by atoms with van der Waals surface area (Å²) in [5.41, 5.74) is 0.644. The second-order valence-corrected chi connectivity index (χ2v) is 7.89. The first-order chi connectivity index (χ1) is 7.91. The summed E-state index contributed by atoms with van der Waals surface area (Å²) in [4.78, 5) is 0.460. The van der Waals surface area contributed by atoms with E-state index in [2.05, 4.69) is 11.2 Å². The van der Waals surface area contributed by atoms with Crippen LogP contribution in [0.15, 0.2) is 17.0 Å². The Morgan fingerprint density at radius 2 is 2.18 bits per heavy atom. The lowest BCUT2D eigenvalue weighted by Gasteiger charge is -2.15. The minimum atomic E-state index is -2.60. The third-order valence-electron chi connectivity index (χ3n) is 2.24. The van der Waals surface area contributed by atoms with E-state index in [0.29, 0.717) is 17.1 Å². The smallest absolute Gasteiger partial charge is 0.149 e. The molecule has 1 aromatic rings. The highest BCUT2D eigenvalue weighted by molar-refractivity contribution is 7.98. The third kappa shape index (κ3) is 3.28. The lowest BCUT2D eigenvalue weighted by molar-refractivity contribution is 0.581. The average Bonchev–Trinajstić information content (AvgIpc) is 2.24. The minimum absolute atomic E-state index is 0.285. The molecule has 0 unspecified atom stereocenters. The molecule has 0 bridgehead atoms. The maximum absolute atomic E-state index is 14.2. The lowest BCUT2D eigenvalue weighted by atomic mass is 10.3.